The van der Waals surface area contributed by atoms with Gasteiger partial charge in [-0.25, -0.2) is 0 Å². The van der Waals surface area contributed by atoms with Crippen molar-refractivity contribution in [2.45, 2.75) is 31.7 Å². The monoisotopic (exact) mass is 187 g/mol. The fourth-order valence-corrected chi connectivity index (χ4v) is 3.31. The van der Waals surface area contributed by atoms with Crippen molar-refractivity contribution in [1.29, 1.82) is 0 Å². The van der Waals surface area contributed by atoms with Gasteiger partial charge < -0.3 is 4.90 Å². The van der Waals surface area contributed by atoms with Gasteiger partial charge in [0, 0.05) is 18.3 Å². The average Bonchev–Trinajstić information content (AvgIpc) is 2.55. The Labute approximate surface area is 77.5 Å². The third-order valence-corrected chi connectivity index (χ3v) is 4.01. The quantitative estimate of drug-likeness (QED) is 0.580. The van der Waals surface area contributed by atoms with Crippen LogP contribution in [0.3, 0.4) is 0 Å². The smallest absolute Gasteiger partial charge is 0.136 e. The van der Waals surface area contributed by atoms with E-state index in [0.717, 1.165) is 10.4 Å². The Morgan fingerprint density at radius 3 is 2.64 bits per heavy atom. The molecule has 62 valence electrons. The van der Waals surface area contributed by atoms with Gasteiger partial charge >= 0.3 is 0 Å². The van der Waals surface area contributed by atoms with Crippen LogP contribution in [0.1, 0.15) is 25.7 Å². The summed E-state index contributed by atoms with van der Waals surface area (Å²) < 4.78 is 1.15. The fraction of sp³-hybridized carbons (Fsp3) is 0.875. The second kappa shape index (κ2) is 3.31. The molecule has 1 nitrogen and oxygen atoms in total. The molecular weight excluding hydrogens is 174 g/mol. The third kappa shape index (κ3) is 1.54. The molecule has 0 N–H and O–H groups in total. The lowest BCUT2D eigenvalue weighted by Crippen LogP contribution is -2.32. The molecule has 0 aromatic carbocycles. The molecule has 0 aromatic heterocycles. The summed E-state index contributed by atoms with van der Waals surface area (Å²) >= 11 is 7.12. The summed E-state index contributed by atoms with van der Waals surface area (Å²) in [5.74, 6) is 1.22. The highest BCUT2D eigenvalue weighted by atomic mass is 32.2. The first kappa shape index (κ1) is 7.87. The van der Waals surface area contributed by atoms with Gasteiger partial charge in [0.25, 0.3) is 0 Å². The highest BCUT2D eigenvalue weighted by Crippen LogP contribution is 2.29. The molecule has 0 radical (unpaired) electrons. The van der Waals surface area contributed by atoms with E-state index in [1.807, 2.05) is 11.8 Å². The lowest BCUT2D eigenvalue weighted by molar-refractivity contribution is 0.348. The topological polar surface area (TPSA) is 3.24 Å². The summed E-state index contributed by atoms with van der Waals surface area (Å²) in [4.78, 5) is 2.44. The second-order valence-corrected chi connectivity index (χ2v) is 4.97. The molecule has 1 aliphatic heterocycles. The normalized spacial score (nSPS) is 26.9. The highest BCUT2D eigenvalue weighted by Gasteiger charge is 2.27. The lowest BCUT2D eigenvalue weighted by Gasteiger charge is -2.24. The number of thiocarbonyl (C=S) groups is 1. The van der Waals surface area contributed by atoms with Crippen LogP contribution in [0.15, 0.2) is 0 Å². The number of rotatable bonds is 1. The van der Waals surface area contributed by atoms with Crippen molar-refractivity contribution >= 4 is 28.3 Å². The minimum atomic E-state index is 0.803. The zero-order valence-corrected chi connectivity index (χ0v) is 8.22. The molecular formula is C8H13NS2. The molecule has 0 spiro atoms. The molecule has 0 aromatic rings. The van der Waals surface area contributed by atoms with Crippen molar-refractivity contribution in [3.63, 3.8) is 0 Å². The zero-order valence-electron chi connectivity index (χ0n) is 6.58. The van der Waals surface area contributed by atoms with Gasteiger partial charge in [0.15, 0.2) is 0 Å². The third-order valence-electron chi connectivity index (χ3n) is 2.56. The number of nitrogens with zero attached hydrogens (tertiary/aromatic N) is 1. The Kier molecular flexibility index (Phi) is 2.37. The van der Waals surface area contributed by atoms with Crippen LogP contribution in [-0.4, -0.2) is 27.6 Å². The van der Waals surface area contributed by atoms with E-state index in [0.29, 0.717) is 0 Å². The first-order valence-corrected chi connectivity index (χ1v) is 5.71. The van der Waals surface area contributed by atoms with Crippen molar-refractivity contribution in [2.75, 3.05) is 12.3 Å². The van der Waals surface area contributed by atoms with Crippen LogP contribution in [0.2, 0.25) is 0 Å². The van der Waals surface area contributed by atoms with Gasteiger partial charge in [0.05, 0.1) is 0 Å². The van der Waals surface area contributed by atoms with Crippen LogP contribution in [0.25, 0.3) is 0 Å². The maximum absolute atomic E-state index is 5.27. The Morgan fingerprint density at radius 2 is 2.09 bits per heavy atom. The van der Waals surface area contributed by atoms with E-state index in [1.54, 1.807) is 0 Å². The maximum Gasteiger partial charge on any atom is 0.136 e. The highest BCUT2D eigenvalue weighted by molar-refractivity contribution is 8.23. The minimum Gasteiger partial charge on any atom is -0.354 e. The molecule has 2 rings (SSSR count). The Bertz CT molecular complexity index is 163. The Hall–Kier alpha value is 0.240. The molecule has 2 aliphatic rings. The van der Waals surface area contributed by atoms with E-state index < -0.39 is 0 Å². The van der Waals surface area contributed by atoms with Gasteiger partial charge in [-0.15, -0.1) is 0 Å². The number of thioether (sulfide) groups is 1. The van der Waals surface area contributed by atoms with E-state index in [9.17, 15) is 0 Å². The summed E-state index contributed by atoms with van der Waals surface area (Å²) in [7, 11) is 0. The predicted molar refractivity (Wildman–Crippen MR) is 54.0 cm³/mol. The Morgan fingerprint density at radius 1 is 1.36 bits per heavy atom. The van der Waals surface area contributed by atoms with E-state index in [4.69, 9.17) is 12.2 Å². The molecule has 3 heteroatoms. The molecule has 0 amide bonds. The van der Waals surface area contributed by atoms with Crippen LogP contribution in [0, 0.1) is 0 Å². The van der Waals surface area contributed by atoms with Crippen molar-refractivity contribution in [3.05, 3.63) is 0 Å². The van der Waals surface area contributed by atoms with Gasteiger partial charge in [-0.3, -0.25) is 0 Å². The van der Waals surface area contributed by atoms with Crippen LogP contribution in [0.5, 0.6) is 0 Å². The molecule has 11 heavy (non-hydrogen) atoms. The minimum absolute atomic E-state index is 0.803. The molecule has 1 heterocycles. The average molecular weight is 187 g/mol. The molecule has 0 atom stereocenters. The van der Waals surface area contributed by atoms with Gasteiger partial charge in [-0.05, 0) is 12.8 Å². The first-order valence-electron chi connectivity index (χ1n) is 4.31. The Balaban J connectivity index is 1.97. The van der Waals surface area contributed by atoms with Crippen LogP contribution in [-0.2, 0) is 0 Å². The van der Waals surface area contributed by atoms with Crippen molar-refractivity contribution in [3.8, 4) is 0 Å². The second-order valence-electron chi connectivity index (χ2n) is 3.25. The largest absolute Gasteiger partial charge is 0.354 e. The molecule has 0 unspecified atom stereocenters. The number of hydrogen-bond acceptors (Lipinski definition) is 2. The van der Waals surface area contributed by atoms with Gasteiger partial charge in [-0.2, -0.15) is 0 Å². The molecule has 1 aliphatic carbocycles. The van der Waals surface area contributed by atoms with Crippen molar-refractivity contribution in [2.24, 2.45) is 0 Å². The van der Waals surface area contributed by atoms with Crippen molar-refractivity contribution in [1.82, 2.24) is 4.90 Å². The van der Waals surface area contributed by atoms with E-state index in [1.165, 1.54) is 38.0 Å². The van der Waals surface area contributed by atoms with E-state index in [2.05, 4.69) is 4.90 Å². The zero-order chi connectivity index (χ0) is 7.68. The first-order chi connectivity index (χ1) is 5.38. The molecule has 1 saturated carbocycles. The van der Waals surface area contributed by atoms with Crippen LogP contribution >= 0.6 is 24.0 Å². The summed E-state index contributed by atoms with van der Waals surface area (Å²) in [5, 5.41) is 0. The summed E-state index contributed by atoms with van der Waals surface area (Å²) in [6.07, 6.45) is 5.57. The SMILES string of the molecule is S=C1SCCN1C1CCCC1. The molecule has 0 bridgehead atoms. The van der Waals surface area contributed by atoms with Crippen LogP contribution < -0.4 is 0 Å². The lowest BCUT2D eigenvalue weighted by atomic mass is 10.2. The van der Waals surface area contributed by atoms with Gasteiger partial charge in [0.2, 0.25) is 0 Å². The molecule has 2 fully saturated rings. The summed E-state index contributed by atoms with van der Waals surface area (Å²) in [6, 6.07) is 0.803. The van der Waals surface area contributed by atoms with E-state index in [-0.39, 0.29) is 0 Å². The van der Waals surface area contributed by atoms with Gasteiger partial charge in [-0.1, -0.05) is 36.8 Å². The maximum atomic E-state index is 5.27. The van der Waals surface area contributed by atoms with Crippen LogP contribution in [0.4, 0.5) is 0 Å². The number of hydrogen-bond donors (Lipinski definition) is 0. The van der Waals surface area contributed by atoms with Crippen molar-refractivity contribution < 1.29 is 0 Å². The van der Waals surface area contributed by atoms with E-state index >= 15 is 0 Å². The molecule has 1 saturated heterocycles. The fourth-order valence-electron chi connectivity index (χ4n) is 1.95. The standard InChI is InChI=1S/C8H13NS2/c10-8-9(5-6-11-8)7-3-1-2-4-7/h7H,1-6H2. The summed E-state index contributed by atoms with van der Waals surface area (Å²) in [5.41, 5.74) is 0. The summed E-state index contributed by atoms with van der Waals surface area (Å²) in [6.45, 7) is 1.20. The van der Waals surface area contributed by atoms with Gasteiger partial charge in [0.1, 0.15) is 4.32 Å². The predicted octanol–water partition coefficient (Wildman–Crippen LogP) is 2.26.